The Kier molecular flexibility index (Phi) is 5.46. The molecule has 0 amide bonds. The first kappa shape index (κ1) is 15.6. The zero-order valence-electron chi connectivity index (χ0n) is 11.0. The van der Waals surface area contributed by atoms with Gasteiger partial charge in [-0.2, -0.15) is 17.4 Å². The molecular weight excluding hydrogens is 268 g/mol. The largest absolute Gasteiger partial charge is 0.478 e. The van der Waals surface area contributed by atoms with Gasteiger partial charge in [-0.15, -0.1) is 0 Å². The average Bonchev–Trinajstić information content (AvgIpc) is 2.38. The van der Waals surface area contributed by atoms with Gasteiger partial charge in [0.15, 0.2) is 0 Å². The van der Waals surface area contributed by atoms with Gasteiger partial charge in [-0.25, -0.2) is 4.79 Å². The Bertz CT molecular complexity index is 538. The van der Waals surface area contributed by atoms with E-state index in [-0.39, 0.29) is 12.1 Å². The van der Waals surface area contributed by atoms with Crippen molar-refractivity contribution >= 4 is 16.2 Å². The van der Waals surface area contributed by atoms with Crippen LogP contribution in [0.4, 0.5) is 0 Å². The minimum absolute atomic E-state index is 0.0694. The Morgan fingerprint density at radius 3 is 2.47 bits per heavy atom. The number of carboxylic acid groups (broad SMARTS) is 1. The third-order valence-electron chi connectivity index (χ3n) is 2.68. The van der Waals surface area contributed by atoms with Crippen LogP contribution < -0.4 is 4.72 Å². The fraction of sp³-hybridized carbons (Fsp3) is 0.417. The lowest BCUT2D eigenvalue weighted by atomic mass is 10.1. The van der Waals surface area contributed by atoms with E-state index in [0.717, 1.165) is 0 Å². The topological polar surface area (TPSA) is 86.7 Å². The summed E-state index contributed by atoms with van der Waals surface area (Å²) in [6, 6.07) is 6.18. The lowest BCUT2D eigenvalue weighted by Crippen LogP contribution is -2.40. The molecule has 0 heterocycles. The molecule has 106 valence electrons. The van der Waals surface area contributed by atoms with E-state index in [2.05, 4.69) is 4.72 Å². The quantitative estimate of drug-likeness (QED) is 0.784. The fourth-order valence-electron chi connectivity index (χ4n) is 1.64. The second-order valence-corrected chi connectivity index (χ2v) is 5.67. The summed E-state index contributed by atoms with van der Waals surface area (Å²) in [7, 11) is -3.52. The maximum Gasteiger partial charge on any atom is 0.335 e. The molecule has 1 aromatic carbocycles. The normalized spacial score (nSPS) is 11.7. The van der Waals surface area contributed by atoms with Gasteiger partial charge in [0.05, 0.1) is 5.56 Å². The van der Waals surface area contributed by atoms with E-state index in [9.17, 15) is 13.2 Å². The van der Waals surface area contributed by atoms with Crippen LogP contribution in [-0.2, 0) is 16.8 Å². The smallest absolute Gasteiger partial charge is 0.335 e. The van der Waals surface area contributed by atoms with Gasteiger partial charge in [0.1, 0.15) is 0 Å². The molecule has 19 heavy (non-hydrogen) atoms. The highest BCUT2D eigenvalue weighted by Gasteiger charge is 2.17. The van der Waals surface area contributed by atoms with Crippen LogP contribution in [0.15, 0.2) is 24.3 Å². The standard InChI is InChI=1S/C12H18N2O4S/c1-3-14(4-2)19(17,18)13-9-10-6-5-7-11(8-10)12(15)16/h5-8,13H,3-4,9H2,1-2H3,(H,15,16). The van der Waals surface area contributed by atoms with E-state index in [4.69, 9.17) is 5.11 Å². The second-order valence-electron chi connectivity index (χ2n) is 3.92. The van der Waals surface area contributed by atoms with Crippen molar-refractivity contribution in [2.45, 2.75) is 20.4 Å². The Hall–Kier alpha value is -1.44. The Labute approximate surface area is 113 Å². The van der Waals surface area contributed by atoms with Crippen molar-refractivity contribution in [1.29, 1.82) is 0 Å². The average molecular weight is 286 g/mol. The molecule has 0 aliphatic carbocycles. The zero-order chi connectivity index (χ0) is 14.5. The maximum atomic E-state index is 11.9. The fourth-order valence-corrected chi connectivity index (χ4v) is 2.86. The van der Waals surface area contributed by atoms with Gasteiger partial charge in [0.2, 0.25) is 0 Å². The predicted molar refractivity (Wildman–Crippen MR) is 72.1 cm³/mol. The van der Waals surface area contributed by atoms with Gasteiger partial charge >= 0.3 is 5.97 Å². The highest BCUT2D eigenvalue weighted by molar-refractivity contribution is 7.87. The van der Waals surface area contributed by atoms with Crippen LogP contribution >= 0.6 is 0 Å². The summed E-state index contributed by atoms with van der Waals surface area (Å²) in [6.07, 6.45) is 0. The van der Waals surface area contributed by atoms with E-state index >= 15 is 0 Å². The molecule has 7 heteroatoms. The van der Waals surface area contributed by atoms with Crippen molar-refractivity contribution in [3.05, 3.63) is 35.4 Å². The molecule has 0 aliphatic rings. The molecule has 0 saturated heterocycles. The maximum absolute atomic E-state index is 11.9. The van der Waals surface area contributed by atoms with Crippen LogP contribution in [0.2, 0.25) is 0 Å². The number of carbonyl (C=O) groups is 1. The first-order valence-corrected chi connectivity index (χ1v) is 7.41. The molecule has 0 atom stereocenters. The minimum atomic E-state index is -3.52. The molecule has 0 bridgehead atoms. The van der Waals surface area contributed by atoms with E-state index in [1.807, 2.05) is 0 Å². The van der Waals surface area contributed by atoms with Crippen molar-refractivity contribution < 1.29 is 18.3 Å². The first-order chi connectivity index (χ1) is 8.90. The van der Waals surface area contributed by atoms with E-state index in [1.165, 1.54) is 16.4 Å². The number of nitrogens with one attached hydrogen (secondary N) is 1. The summed E-state index contributed by atoms with van der Waals surface area (Å²) in [5.74, 6) is -1.03. The number of nitrogens with zero attached hydrogens (tertiary/aromatic N) is 1. The van der Waals surface area contributed by atoms with Crippen LogP contribution in [0.5, 0.6) is 0 Å². The molecular formula is C12H18N2O4S. The Morgan fingerprint density at radius 1 is 1.32 bits per heavy atom. The number of hydrogen-bond donors (Lipinski definition) is 2. The number of hydrogen-bond acceptors (Lipinski definition) is 3. The van der Waals surface area contributed by atoms with Crippen molar-refractivity contribution in [1.82, 2.24) is 9.03 Å². The molecule has 0 unspecified atom stereocenters. The van der Waals surface area contributed by atoms with Gasteiger partial charge in [0, 0.05) is 19.6 Å². The van der Waals surface area contributed by atoms with Crippen molar-refractivity contribution in [2.24, 2.45) is 0 Å². The van der Waals surface area contributed by atoms with Crippen molar-refractivity contribution in [3.63, 3.8) is 0 Å². The van der Waals surface area contributed by atoms with Gasteiger partial charge in [-0.05, 0) is 17.7 Å². The highest BCUT2D eigenvalue weighted by atomic mass is 32.2. The third kappa shape index (κ3) is 4.30. The molecule has 0 aliphatic heterocycles. The summed E-state index contributed by atoms with van der Waals surface area (Å²) >= 11 is 0. The van der Waals surface area contributed by atoms with Crippen molar-refractivity contribution in [3.8, 4) is 0 Å². The molecule has 1 rings (SSSR count). The number of benzene rings is 1. The van der Waals surface area contributed by atoms with E-state index < -0.39 is 16.2 Å². The van der Waals surface area contributed by atoms with E-state index in [0.29, 0.717) is 18.7 Å². The number of aromatic carboxylic acids is 1. The third-order valence-corrected chi connectivity index (χ3v) is 4.38. The molecule has 0 fully saturated rings. The van der Waals surface area contributed by atoms with Crippen LogP contribution in [0.3, 0.4) is 0 Å². The van der Waals surface area contributed by atoms with Gasteiger partial charge in [0.25, 0.3) is 10.2 Å². The minimum Gasteiger partial charge on any atom is -0.478 e. The van der Waals surface area contributed by atoms with Crippen LogP contribution in [-0.4, -0.2) is 36.9 Å². The molecule has 0 aromatic heterocycles. The number of rotatable bonds is 7. The van der Waals surface area contributed by atoms with Crippen molar-refractivity contribution in [2.75, 3.05) is 13.1 Å². The lowest BCUT2D eigenvalue weighted by molar-refractivity contribution is 0.0696. The zero-order valence-corrected chi connectivity index (χ0v) is 11.8. The summed E-state index contributed by atoms with van der Waals surface area (Å²) in [6.45, 7) is 4.36. The van der Waals surface area contributed by atoms with Gasteiger partial charge in [-0.3, -0.25) is 0 Å². The summed E-state index contributed by atoms with van der Waals surface area (Å²) < 4.78 is 27.5. The summed E-state index contributed by atoms with van der Waals surface area (Å²) in [4.78, 5) is 10.8. The highest BCUT2D eigenvalue weighted by Crippen LogP contribution is 2.06. The van der Waals surface area contributed by atoms with Crippen LogP contribution in [0.25, 0.3) is 0 Å². The molecule has 0 spiro atoms. The molecule has 6 nitrogen and oxygen atoms in total. The summed E-state index contributed by atoms with van der Waals surface area (Å²) in [5, 5.41) is 8.85. The molecule has 0 radical (unpaired) electrons. The Morgan fingerprint density at radius 2 is 1.95 bits per heavy atom. The van der Waals surface area contributed by atoms with Gasteiger partial charge in [-0.1, -0.05) is 26.0 Å². The number of carboxylic acids is 1. The Balaban J connectivity index is 2.77. The first-order valence-electron chi connectivity index (χ1n) is 5.97. The van der Waals surface area contributed by atoms with E-state index in [1.54, 1.807) is 26.0 Å². The second kappa shape index (κ2) is 6.65. The lowest BCUT2D eigenvalue weighted by Gasteiger charge is -2.18. The predicted octanol–water partition coefficient (Wildman–Crippen LogP) is 1.06. The van der Waals surface area contributed by atoms with Crippen LogP contribution in [0.1, 0.15) is 29.8 Å². The molecule has 1 aromatic rings. The SMILES string of the molecule is CCN(CC)S(=O)(=O)NCc1cccc(C(=O)O)c1. The van der Waals surface area contributed by atoms with Gasteiger partial charge < -0.3 is 5.11 Å². The summed E-state index contributed by atoms with van der Waals surface area (Å²) in [5.41, 5.74) is 0.746. The molecule has 2 N–H and O–H groups in total. The molecule has 0 saturated carbocycles. The van der Waals surface area contributed by atoms with Crippen LogP contribution in [0, 0.1) is 0 Å². The monoisotopic (exact) mass is 286 g/mol.